The molecule has 0 atom stereocenters. The fourth-order valence-electron chi connectivity index (χ4n) is 2.44. The summed E-state index contributed by atoms with van der Waals surface area (Å²) in [5.74, 6) is -0.881. The Morgan fingerprint density at radius 2 is 2.09 bits per heavy atom. The highest BCUT2D eigenvalue weighted by Crippen LogP contribution is 2.28. The fraction of sp³-hybridized carbons (Fsp3) is 0.600. The van der Waals surface area contributed by atoms with Crippen LogP contribution in [0.5, 0.6) is 0 Å². The molecule has 0 spiro atoms. The smallest absolute Gasteiger partial charge is 0.410 e. The lowest BCUT2D eigenvalue weighted by molar-refractivity contribution is -0.141. The van der Waals surface area contributed by atoms with Crippen LogP contribution in [0.4, 0.5) is 4.79 Å². The highest BCUT2D eigenvalue weighted by molar-refractivity contribution is 9.11. The van der Waals surface area contributed by atoms with Crippen LogP contribution in [0, 0.1) is 0 Å². The SMILES string of the molecule is CC(C)(C)OC(=O)N1CC(CC(=O)O)(NCc2ccc(Br)s2)C1. The van der Waals surface area contributed by atoms with E-state index in [4.69, 9.17) is 9.84 Å². The lowest BCUT2D eigenvalue weighted by atomic mass is 9.86. The second-order valence-corrected chi connectivity index (χ2v) is 9.29. The molecule has 6 nitrogen and oxygen atoms in total. The average Bonchev–Trinajstić information content (AvgIpc) is 2.75. The molecule has 1 aliphatic heterocycles. The summed E-state index contributed by atoms with van der Waals surface area (Å²) in [5, 5.41) is 12.4. The standard InChI is InChI=1S/C15H21BrN2O4S/c1-14(2,3)22-13(21)18-8-15(9-18,6-12(19)20)17-7-10-4-5-11(16)23-10/h4-5,17H,6-9H2,1-3H3,(H,19,20). The first-order valence-electron chi connectivity index (χ1n) is 7.28. The summed E-state index contributed by atoms with van der Waals surface area (Å²) in [6.07, 6.45) is -0.432. The molecule has 8 heteroatoms. The number of nitrogens with zero attached hydrogens (tertiary/aromatic N) is 1. The highest BCUT2D eigenvalue weighted by Gasteiger charge is 2.47. The van der Waals surface area contributed by atoms with Gasteiger partial charge in [0.05, 0.1) is 15.7 Å². The summed E-state index contributed by atoms with van der Waals surface area (Å²) in [5.41, 5.74) is -1.15. The van der Waals surface area contributed by atoms with Gasteiger partial charge in [-0.1, -0.05) is 0 Å². The molecule has 0 unspecified atom stereocenters. The zero-order chi connectivity index (χ0) is 17.3. The Bertz CT molecular complexity index is 591. The number of carboxylic acid groups (broad SMARTS) is 1. The van der Waals surface area contributed by atoms with Crippen molar-refractivity contribution >= 4 is 39.3 Å². The van der Waals surface area contributed by atoms with Gasteiger partial charge in [0.2, 0.25) is 0 Å². The van der Waals surface area contributed by atoms with Crippen molar-refractivity contribution in [2.45, 2.75) is 44.9 Å². The zero-order valence-electron chi connectivity index (χ0n) is 13.4. The van der Waals surface area contributed by atoms with Crippen molar-refractivity contribution in [2.24, 2.45) is 0 Å². The number of carbonyl (C=O) groups is 2. The predicted octanol–water partition coefficient (Wildman–Crippen LogP) is 3.06. The Labute approximate surface area is 147 Å². The maximum absolute atomic E-state index is 12.0. The maximum Gasteiger partial charge on any atom is 0.410 e. The molecule has 1 fully saturated rings. The highest BCUT2D eigenvalue weighted by atomic mass is 79.9. The van der Waals surface area contributed by atoms with Crippen molar-refractivity contribution < 1.29 is 19.4 Å². The summed E-state index contributed by atoms with van der Waals surface area (Å²) in [7, 11) is 0. The number of rotatable bonds is 5. The molecule has 0 radical (unpaired) electrons. The van der Waals surface area contributed by atoms with Gasteiger partial charge < -0.3 is 20.1 Å². The number of carbonyl (C=O) groups excluding carboxylic acids is 1. The number of carboxylic acids is 1. The third kappa shape index (κ3) is 5.19. The van der Waals surface area contributed by atoms with Crippen LogP contribution in [-0.4, -0.2) is 46.3 Å². The monoisotopic (exact) mass is 404 g/mol. The van der Waals surface area contributed by atoms with Gasteiger partial charge in [-0.25, -0.2) is 4.79 Å². The molecule has 1 amide bonds. The van der Waals surface area contributed by atoms with Crippen LogP contribution >= 0.6 is 27.3 Å². The largest absolute Gasteiger partial charge is 0.481 e. The Balaban J connectivity index is 1.94. The molecule has 128 valence electrons. The normalized spacial score (nSPS) is 16.8. The lowest BCUT2D eigenvalue weighted by Crippen LogP contribution is -2.71. The van der Waals surface area contributed by atoms with Crippen molar-refractivity contribution in [2.75, 3.05) is 13.1 Å². The van der Waals surface area contributed by atoms with Crippen LogP contribution < -0.4 is 5.32 Å². The quantitative estimate of drug-likeness (QED) is 0.787. The van der Waals surface area contributed by atoms with Crippen LogP contribution in [0.25, 0.3) is 0 Å². The Hall–Kier alpha value is -1.12. The molecule has 0 saturated carbocycles. The number of halogens is 1. The fourth-order valence-corrected chi connectivity index (χ4v) is 3.86. The molecular formula is C15H21BrN2O4S. The van der Waals surface area contributed by atoms with Gasteiger partial charge in [0.15, 0.2) is 0 Å². The molecule has 2 rings (SSSR count). The molecule has 1 aromatic rings. The summed E-state index contributed by atoms with van der Waals surface area (Å²) >= 11 is 5.01. The van der Waals surface area contributed by atoms with Gasteiger partial charge in [-0.15, -0.1) is 11.3 Å². The Morgan fingerprint density at radius 3 is 2.57 bits per heavy atom. The van der Waals surface area contributed by atoms with Crippen molar-refractivity contribution in [1.29, 1.82) is 0 Å². The first-order chi connectivity index (χ1) is 10.6. The first-order valence-corrected chi connectivity index (χ1v) is 8.88. The number of thiophene rings is 1. The van der Waals surface area contributed by atoms with Crippen molar-refractivity contribution in [3.8, 4) is 0 Å². The molecule has 1 aromatic heterocycles. The molecule has 1 aliphatic rings. The van der Waals surface area contributed by atoms with Crippen LogP contribution in [-0.2, 0) is 16.1 Å². The van der Waals surface area contributed by atoms with E-state index in [9.17, 15) is 9.59 Å². The number of amides is 1. The second kappa shape index (κ2) is 6.78. The number of aliphatic carboxylic acids is 1. The number of hydrogen-bond acceptors (Lipinski definition) is 5. The van der Waals surface area contributed by atoms with E-state index in [1.165, 1.54) is 4.90 Å². The van der Waals surface area contributed by atoms with Crippen molar-refractivity contribution in [3.05, 3.63) is 20.8 Å². The molecule has 0 aliphatic carbocycles. The van der Waals surface area contributed by atoms with Gasteiger partial charge in [0.1, 0.15) is 5.60 Å². The number of ether oxygens (including phenoxy) is 1. The predicted molar refractivity (Wildman–Crippen MR) is 91.6 cm³/mol. The number of hydrogen-bond donors (Lipinski definition) is 2. The van der Waals surface area contributed by atoms with E-state index < -0.39 is 23.2 Å². The topological polar surface area (TPSA) is 78.9 Å². The van der Waals surface area contributed by atoms with Crippen LogP contribution in [0.3, 0.4) is 0 Å². The second-order valence-electron chi connectivity index (χ2n) is 6.75. The molecule has 2 heterocycles. The first kappa shape index (κ1) is 18.2. The lowest BCUT2D eigenvalue weighted by Gasteiger charge is -2.49. The summed E-state index contributed by atoms with van der Waals surface area (Å²) in [6, 6.07) is 3.94. The molecule has 0 bridgehead atoms. The number of nitrogens with one attached hydrogen (secondary N) is 1. The minimum absolute atomic E-state index is 0.0289. The van der Waals surface area contributed by atoms with E-state index in [-0.39, 0.29) is 6.42 Å². The summed E-state index contributed by atoms with van der Waals surface area (Å²) in [4.78, 5) is 25.8. The minimum Gasteiger partial charge on any atom is -0.481 e. The maximum atomic E-state index is 12.0. The molecular weight excluding hydrogens is 384 g/mol. The Kier molecular flexibility index (Phi) is 5.37. The van der Waals surface area contributed by atoms with E-state index >= 15 is 0 Å². The number of likely N-dealkylation sites (tertiary alicyclic amines) is 1. The van der Waals surface area contributed by atoms with Crippen LogP contribution in [0.1, 0.15) is 32.1 Å². The van der Waals surface area contributed by atoms with Crippen molar-refractivity contribution in [3.63, 3.8) is 0 Å². The zero-order valence-corrected chi connectivity index (χ0v) is 15.8. The van der Waals surface area contributed by atoms with E-state index in [2.05, 4.69) is 21.2 Å². The average molecular weight is 405 g/mol. The summed E-state index contributed by atoms with van der Waals surface area (Å²) < 4.78 is 6.35. The van der Waals surface area contributed by atoms with Crippen LogP contribution in [0.15, 0.2) is 15.9 Å². The van der Waals surface area contributed by atoms with Gasteiger partial charge in [-0.3, -0.25) is 4.79 Å². The Morgan fingerprint density at radius 1 is 1.43 bits per heavy atom. The van der Waals surface area contributed by atoms with Gasteiger partial charge in [-0.2, -0.15) is 0 Å². The molecule has 2 N–H and O–H groups in total. The van der Waals surface area contributed by atoms with Gasteiger partial charge >= 0.3 is 12.1 Å². The summed E-state index contributed by atoms with van der Waals surface area (Å²) in [6.45, 7) is 6.67. The van der Waals surface area contributed by atoms with Gasteiger partial charge in [-0.05, 0) is 48.8 Å². The van der Waals surface area contributed by atoms with E-state index in [1.54, 1.807) is 11.3 Å². The van der Waals surface area contributed by atoms with Gasteiger partial charge in [0, 0.05) is 24.5 Å². The third-order valence-corrected chi connectivity index (χ3v) is 5.02. The van der Waals surface area contributed by atoms with E-state index in [1.807, 2.05) is 32.9 Å². The minimum atomic E-state index is -0.881. The van der Waals surface area contributed by atoms with E-state index in [0.717, 1.165) is 8.66 Å². The van der Waals surface area contributed by atoms with Crippen molar-refractivity contribution in [1.82, 2.24) is 10.2 Å². The van der Waals surface area contributed by atoms with Gasteiger partial charge in [0.25, 0.3) is 0 Å². The van der Waals surface area contributed by atoms with E-state index in [0.29, 0.717) is 19.6 Å². The van der Waals surface area contributed by atoms with Crippen LogP contribution in [0.2, 0.25) is 0 Å². The molecule has 0 aromatic carbocycles. The molecule has 23 heavy (non-hydrogen) atoms. The third-order valence-electron chi connectivity index (χ3n) is 3.39. The molecule has 1 saturated heterocycles.